The van der Waals surface area contributed by atoms with E-state index in [4.69, 9.17) is 28.5 Å². The van der Waals surface area contributed by atoms with Crippen LogP contribution in [0.25, 0.3) is 0 Å². The monoisotopic (exact) mass is 284 g/mol. The molecule has 0 fully saturated rings. The smallest absolute Gasteiger partial charge is 0.185 e. The highest BCUT2D eigenvalue weighted by Crippen LogP contribution is 2.36. The number of nitrogens with zero attached hydrogens (tertiary/aromatic N) is 3. The number of hydrogen-bond donors (Lipinski definition) is 1. The molecule has 0 amide bonds. The van der Waals surface area contributed by atoms with Gasteiger partial charge in [-0.3, -0.25) is 5.10 Å². The van der Waals surface area contributed by atoms with E-state index in [2.05, 4.69) is 21.3 Å². The van der Waals surface area contributed by atoms with Crippen molar-refractivity contribution >= 4 is 35.0 Å². The van der Waals surface area contributed by atoms with Gasteiger partial charge in [-0.15, -0.1) is 0 Å². The number of nitrogens with one attached hydrogen (secondary N) is 1. The Morgan fingerprint density at radius 3 is 2.82 bits per heavy atom. The fourth-order valence-electron chi connectivity index (χ4n) is 1.24. The van der Waals surface area contributed by atoms with Gasteiger partial charge in [-0.2, -0.15) is 10.4 Å². The van der Waals surface area contributed by atoms with Crippen molar-refractivity contribution in [3.8, 4) is 6.07 Å². The standard InChI is InChI=1S/C10H6Cl2N4S/c11-6-1-2-7(8(12)3-6)9(4-13)17-10-14-5-15-16-10/h1-3,5,9H,(H,14,15,16)/t9-/m0/s1. The van der Waals surface area contributed by atoms with Gasteiger partial charge in [-0.05, 0) is 17.7 Å². The van der Waals surface area contributed by atoms with Crippen molar-refractivity contribution in [1.82, 2.24) is 15.2 Å². The number of hydrogen-bond acceptors (Lipinski definition) is 4. The molecule has 1 heterocycles. The van der Waals surface area contributed by atoms with Gasteiger partial charge in [0.15, 0.2) is 5.16 Å². The zero-order valence-corrected chi connectivity index (χ0v) is 10.7. The van der Waals surface area contributed by atoms with Crippen molar-refractivity contribution in [3.63, 3.8) is 0 Å². The Bertz CT molecular complexity index is 550. The van der Waals surface area contributed by atoms with Crippen LogP contribution in [0.15, 0.2) is 29.7 Å². The van der Waals surface area contributed by atoms with Crippen LogP contribution in [-0.2, 0) is 0 Å². The number of H-pyrrole nitrogens is 1. The molecule has 4 nitrogen and oxygen atoms in total. The summed E-state index contributed by atoms with van der Waals surface area (Å²) in [5, 5.41) is 16.7. The van der Waals surface area contributed by atoms with Crippen molar-refractivity contribution in [2.24, 2.45) is 0 Å². The van der Waals surface area contributed by atoms with Crippen LogP contribution in [-0.4, -0.2) is 15.2 Å². The van der Waals surface area contributed by atoms with E-state index in [1.807, 2.05) is 0 Å². The summed E-state index contributed by atoms with van der Waals surface area (Å²) >= 11 is 13.1. The van der Waals surface area contributed by atoms with Crippen LogP contribution in [0.1, 0.15) is 10.8 Å². The molecule has 1 atom stereocenters. The molecule has 0 aliphatic rings. The molecule has 0 bridgehead atoms. The summed E-state index contributed by atoms with van der Waals surface area (Å²) in [4.78, 5) is 3.95. The minimum atomic E-state index is -0.451. The lowest BCUT2D eigenvalue weighted by atomic mass is 10.1. The van der Waals surface area contributed by atoms with E-state index >= 15 is 0 Å². The summed E-state index contributed by atoms with van der Waals surface area (Å²) < 4.78 is 0. The van der Waals surface area contributed by atoms with Crippen molar-refractivity contribution < 1.29 is 0 Å². The molecule has 0 saturated carbocycles. The largest absolute Gasteiger partial charge is 0.254 e. The first kappa shape index (κ1) is 12.2. The number of benzene rings is 1. The Kier molecular flexibility index (Phi) is 3.89. The SMILES string of the molecule is N#C[C@H](Sc1ncn[nH]1)c1ccc(Cl)cc1Cl. The predicted octanol–water partition coefficient (Wildman–Crippen LogP) is 3.47. The fourth-order valence-corrected chi connectivity index (χ4v) is 2.64. The number of rotatable bonds is 3. The van der Waals surface area contributed by atoms with Gasteiger partial charge in [0.1, 0.15) is 11.6 Å². The topological polar surface area (TPSA) is 65.4 Å². The van der Waals surface area contributed by atoms with Gasteiger partial charge < -0.3 is 0 Å². The first-order valence-corrected chi connectivity index (χ1v) is 6.21. The number of aromatic amines is 1. The molecular formula is C10H6Cl2N4S. The van der Waals surface area contributed by atoms with Gasteiger partial charge in [-0.1, -0.05) is 41.0 Å². The molecule has 2 rings (SSSR count). The second-order valence-electron chi connectivity index (χ2n) is 3.08. The van der Waals surface area contributed by atoms with E-state index < -0.39 is 5.25 Å². The number of aromatic nitrogens is 3. The summed E-state index contributed by atoms with van der Waals surface area (Å²) in [6.45, 7) is 0. The fraction of sp³-hybridized carbons (Fsp3) is 0.100. The Morgan fingerprint density at radius 1 is 1.41 bits per heavy atom. The maximum atomic E-state index is 9.15. The molecule has 1 aromatic carbocycles. The van der Waals surface area contributed by atoms with E-state index in [1.165, 1.54) is 18.1 Å². The minimum Gasteiger partial charge on any atom is -0.254 e. The van der Waals surface area contributed by atoms with Gasteiger partial charge in [0.05, 0.1) is 6.07 Å². The molecular weight excluding hydrogens is 279 g/mol. The molecule has 17 heavy (non-hydrogen) atoms. The summed E-state index contributed by atoms with van der Waals surface area (Å²) in [5.41, 5.74) is 0.708. The second-order valence-corrected chi connectivity index (χ2v) is 5.02. The second kappa shape index (κ2) is 5.41. The number of thioether (sulfide) groups is 1. The maximum Gasteiger partial charge on any atom is 0.185 e. The average Bonchev–Trinajstić information content (AvgIpc) is 2.79. The Balaban J connectivity index is 2.27. The molecule has 0 aliphatic heterocycles. The van der Waals surface area contributed by atoms with E-state index in [-0.39, 0.29) is 0 Å². The highest BCUT2D eigenvalue weighted by molar-refractivity contribution is 7.99. The molecule has 1 aromatic heterocycles. The van der Waals surface area contributed by atoms with Gasteiger partial charge in [0, 0.05) is 10.0 Å². The third-order valence-electron chi connectivity index (χ3n) is 1.98. The van der Waals surface area contributed by atoms with Crippen molar-refractivity contribution in [2.75, 3.05) is 0 Å². The van der Waals surface area contributed by atoms with Crippen LogP contribution in [0.3, 0.4) is 0 Å². The van der Waals surface area contributed by atoms with E-state index in [9.17, 15) is 0 Å². The lowest BCUT2D eigenvalue weighted by Gasteiger charge is -2.09. The molecule has 7 heteroatoms. The van der Waals surface area contributed by atoms with E-state index in [0.717, 1.165) is 0 Å². The highest BCUT2D eigenvalue weighted by atomic mass is 35.5. The van der Waals surface area contributed by atoms with Crippen LogP contribution >= 0.6 is 35.0 Å². The van der Waals surface area contributed by atoms with Crippen LogP contribution in [0, 0.1) is 11.3 Å². The quantitative estimate of drug-likeness (QED) is 0.877. The lowest BCUT2D eigenvalue weighted by Crippen LogP contribution is -1.93. The molecule has 1 N–H and O–H groups in total. The lowest BCUT2D eigenvalue weighted by molar-refractivity contribution is 0.969. The predicted molar refractivity (Wildman–Crippen MR) is 67.1 cm³/mol. The summed E-state index contributed by atoms with van der Waals surface area (Å²) in [6, 6.07) is 7.22. The van der Waals surface area contributed by atoms with E-state index in [1.54, 1.807) is 18.2 Å². The molecule has 0 unspecified atom stereocenters. The first-order valence-electron chi connectivity index (χ1n) is 4.57. The van der Waals surface area contributed by atoms with Crippen molar-refractivity contribution in [3.05, 3.63) is 40.1 Å². The Labute approximate surface area is 112 Å². The molecule has 0 radical (unpaired) electrons. The van der Waals surface area contributed by atoms with Gasteiger partial charge in [0.25, 0.3) is 0 Å². The zero-order chi connectivity index (χ0) is 12.3. The molecule has 86 valence electrons. The van der Waals surface area contributed by atoms with Crippen LogP contribution in [0.2, 0.25) is 10.0 Å². The average molecular weight is 285 g/mol. The van der Waals surface area contributed by atoms with Crippen LogP contribution in [0.4, 0.5) is 0 Å². The number of halogens is 2. The third kappa shape index (κ3) is 2.91. The summed E-state index contributed by atoms with van der Waals surface area (Å²) in [6.07, 6.45) is 1.39. The van der Waals surface area contributed by atoms with Crippen LogP contribution in [0.5, 0.6) is 0 Å². The molecule has 0 saturated heterocycles. The molecule has 2 aromatic rings. The molecule has 0 aliphatic carbocycles. The number of nitriles is 1. The van der Waals surface area contributed by atoms with Crippen molar-refractivity contribution in [1.29, 1.82) is 5.26 Å². The van der Waals surface area contributed by atoms with Gasteiger partial charge in [-0.25, -0.2) is 4.98 Å². The Morgan fingerprint density at radius 2 is 2.24 bits per heavy atom. The highest BCUT2D eigenvalue weighted by Gasteiger charge is 2.17. The summed E-state index contributed by atoms with van der Waals surface area (Å²) in [5.74, 6) is 0. The van der Waals surface area contributed by atoms with E-state index in [0.29, 0.717) is 20.8 Å². The summed E-state index contributed by atoms with van der Waals surface area (Å²) in [7, 11) is 0. The van der Waals surface area contributed by atoms with Crippen molar-refractivity contribution in [2.45, 2.75) is 10.4 Å². The van der Waals surface area contributed by atoms with Gasteiger partial charge >= 0.3 is 0 Å². The van der Waals surface area contributed by atoms with Crippen LogP contribution < -0.4 is 0 Å². The zero-order valence-electron chi connectivity index (χ0n) is 8.39. The Hall–Kier alpha value is -1.22. The maximum absolute atomic E-state index is 9.15. The normalized spacial score (nSPS) is 12.1. The molecule has 0 spiro atoms. The van der Waals surface area contributed by atoms with Gasteiger partial charge in [0.2, 0.25) is 0 Å². The minimum absolute atomic E-state index is 0.451. The first-order chi connectivity index (χ1) is 8.20. The third-order valence-corrected chi connectivity index (χ3v) is 3.56.